The van der Waals surface area contributed by atoms with E-state index in [0.29, 0.717) is 17.2 Å². The van der Waals surface area contributed by atoms with E-state index in [1.807, 2.05) is 7.05 Å². The van der Waals surface area contributed by atoms with E-state index >= 15 is 0 Å². The number of halogens is 3. The molecule has 1 fully saturated rings. The van der Waals surface area contributed by atoms with Crippen LogP contribution in [-0.4, -0.2) is 22.0 Å². The van der Waals surface area contributed by atoms with Crippen molar-refractivity contribution in [3.05, 3.63) is 47.3 Å². The van der Waals surface area contributed by atoms with Gasteiger partial charge < -0.3 is 10.6 Å². The van der Waals surface area contributed by atoms with Crippen LogP contribution in [0.3, 0.4) is 0 Å². The lowest BCUT2D eigenvalue weighted by Gasteiger charge is -2.21. The molecule has 1 aliphatic carbocycles. The van der Waals surface area contributed by atoms with Crippen molar-refractivity contribution in [2.45, 2.75) is 57.2 Å². The maximum atomic E-state index is 12.7. The van der Waals surface area contributed by atoms with Crippen molar-refractivity contribution in [1.82, 2.24) is 15.1 Å². The molecule has 1 saturated carbocycles. The summed E-state index contributed by atoms with van der Waals surface area (Å²) >= 11 is 0. The van der Waals surface area contributed by atoms with E-state index in [4.69, 9.17) is 0 Å². The molecule has 2 aromatic rings. The van der Waals surface area contributed by atoms with Crippen LogP contribution in [0.15, 0.2) is 30.5 Å². The fourth-order valence-corrected chi connectivity index (χ4v) is 3.74. The van der Waals surface area contributed by atoms with E-state index in [9.17, 15) is 18.0 Å². The zero-order chi connectivity index (χ0) is 20.1. The number of hydrogen-bond donors (Lipinski definition) is 2. The summed E-state index contributed by atoms with van der Waals surface area (Å²) in [5.74, 6) is 0.331. The fraction of sp³-hybridized carbons (Fsp3) is 0.500. The Bertz CT molecular complexity index is 810. The molecule has 152 valence electrons. The highest BCUT2D eigenvalue weighted by Gasteiger charge is 2.28. The van der Waals surface area contributed by atoms with Gasteiger partial charge in [0.2, 0.25) is 0 Å². The van der Waals surface area contributed by atoms with Crippen LogP contribution in [0.2, 0.25) is 0 Å². The number of carbonyl (C=O) groups excluding carboxylic acids is 1. The summed E-state index contributed by atoms with van der Waals surface area (Å²) in [4.78, 5) is 12.3. The number of anilines is 1. The quantitative estimate of drug-likeness (QED) is 0.758. The Kier molecular flexibility index (Phi) is 6.26. The molecule has 0 unspecified atom stereocenters. The molecule has 0 aliphatic heterocycles. The SMILES string of the molecule is Cn1cc(NC(=O)NCc2ccccc2CC(F)(F)F)c(C2CCCCC2)n1. The Morgan fingerprint density at radius 2 is 1.86 bits per heavy atom. The highest BCUT2D eigenvalue weighted by molar-refractivity contribution is 5.89. The predicted molar refractivity (Wildman–Crippen MR) is 101 cm³/mol. The van der Waals surface area contributed by atoms with Gasteiger partial charge >= 0.3 is 12.2 Å². The minimum absolute atomic E-state index is 0.0249. The van der Waals surface area contributed by atoms with Crippen molar-refractivity contribution in [1.29, 1.82) is 0 Å². The van der Waals surface area contributed by atoms with Gasteiger partial charge in [-0.25, -0.2) is 4.79 Å². The highest BCUT2D eigenvalue weighted by Crippen LogP contribution is 2.35. The summed E-state index contributed by atoms with van der Waals surface area (Å²) < 4.78 is 39.8. The maximum absolute atomic E-state index is 12.7. The smallest absolute Gasteiger partial charge is 0.334 e. The molecule has 1 aliphatic rings. The maximum Gasteiger partial charge on any atom is 0.393 e. The lowest BCUT2D eigenvalue weighted by molar-refractivity contribution is -0.127. The topological polar surface area (TPSA) is 59.0 Å². The largest absolute Gasteiger partial charge is 0.393 e. The van der Waals surface area contributed by atoms with Crippen molar-refractivity contribution < 1.29 is 18.0 Å². The van der Waals surface area contributed by atoms with Gasteiger partial charge in [-0.3, -0.25) is 4.68 Å². The summed E-state index contributed by atoms with van der Waals surface area (Å²) in [5, 5.41) is 9.98. The second-order valence-corrected chi connectivity index (χ2v) is 7.30. The highest BCUT2D eigenvalue weighted by atomic mass is 19.4. The molecule has 1 aromatic heterocycles. The Morgan fingerprint density at radius 3 is 2.54 bits per heavy atom. The first-order valence-electron chi connectivity index (χ1n) is 9.54. The summed E-state index contributed by atoms with van der Waals surface area (Å²) in [6.45, 7) is 0.0249. The van der Waals surface area contributed by atoms with Crippen molar-refractivity contribution in [2.75, 3.05) is 5.32 Å². The third-order valence-corrected chi connectivity index (χ3v) is 5.05. The average Bonchev–Trinajstić information content (AvgIpc) is 3.00. The number of nitrogens with zero attached hydrogens (tertiary/aromatic N) is 2. The van der Waals surface area contributed by atoms with Crippen LogP contribution in [0, 0.1) is 0 Å². The van der Waals surface area contributed by atoms with E-state index in [0.717, 1.165) is 31.4 Å². The molecule has 8 heteroatoms. The van der Waals surface area contributed by atoms with Gasteiger partial charge in [-0.1, -0.05) is 43.5 Å². The van der Waals surface area contributed by atoms with Crippen LogP contribution < -0.4 is 10.6 Å². The molecule has 0 spiro atoms. The molecule has 0 bridgehead atoms. The molecule has 0 saturated heterocycles. The van der Waals surface area contributed by atoms with Gasteiger partial charge in [-0.15, -0.1) is 0 Å². The third-order valence-electron chi connectivity index (χ3n) is 5.05. The monoisotopic (exact) mass is 394 g/mol. The van der Waals surface area contributed by atoms with Gasteiger partial charge in [-0.2, -0.15) is 18.3 Å². The lowest BCUT2D eigenvalue weighted by Crippen LogP contribution is -2.29. The second kappa shape index (κ2) is 8.67. The van der Waals surface area contributed by atoms with Crippen LogP contribution in [0.1, 0.15) is 54.8 Å². The second-order valence-electron chi connectivity index (χ2n) is 7.30. The third kappa shape index (κ3) is 5.50. The number of aromatic nitrogens is 2. The number of urea groups is 1. The number of hydrogen-bond acceptors (Lipinski definition) is 2. The van der Waals surface area contributed by atoms with Crippen molar-refractivity contribution in [3.63, 3.8) is 0 Å². The van der Waals surface area contributed by atoms with Crippen LogP contribution in [0.25, 0.3) is 0 Å². The molecule has 1 heterocycles. The molecule has 5 nitrogen and oxygen atoms in total. The Balaban J connectivity index is 1.63. The molecule has 28 heavy (non-hydrogen) atoms. The van der Waals surface area contributed by atoms with Gasteiger partial charge in [0, 0.05) is 25.7 Å². The van der Waals surface area contributed by atoms with E-state index in [1.165, 1.54) is 12.5 Å². The lowest BCUT2D eigenvalue weighted by atomic mass is 9.86. The molecule has 1 aromatic carbocycles. The number of rotatable bonds is 5. The molecule has 3 rings (SSSR count). The average molecular weight is 394 g/mol. The van der Waals surface area contributed by atoms with Gasteiger partial charge in [0.25, 0.3) is 0 Å². The first kappa shape index (κ1) is 20.2. The summed E-state index contributed by atoms with van der Waals surface area (Å²) in [5.41, 5.74) is 2.17. The number of alkyl halides is 3. The minimum atomic E-state index is -4.29. The van der Waals surface area contributed by atoms with E-state index < -0.39 is 18.6 Å². The normalized spacial score (nSPS) is 15.4. The number of amides is 2. The number of aryl methyl sites for hydroxylation is 1. The van der Waals surface area contributed by atoms with Crippen LogP contribution in [0.5, 0.6) is 0 Å². The molecule has 2 amide bonds. The number of nitrogens with one attached hydrogen (secondary N) is 2. The van der Waals surface area contributed by atoms with Crippen LogP contribution >= 0.6 is 0 Å². The molecular weight excluding hydrogens is 369 g/mol. The van der Waals surface area contributed by atoms with Crippen molar-refractivity contribution >= 4 is 11.7 Å². The van der Waals surface area contributed by atoms with Crippen LogP contribution in [-0.2, 0) is 20.0 Å². The van der Waals surface area contributed by atoms with Crippen molar-refractivity contribution in [3.8, 4) is 0 Å². The Hall–Kier alpha value is -2.51. The number of benzene rings is 1. The molecule has 2 N–H and O–H groups in total. The summed E-state index contributed by atoms with van der Waals surface area (Å²) in [6.07, 6.45) is 2.11. The Labute approximate surface area is 162 Å². The van der Waals surface area contributed by atoms with Gasteiger partial charge in [0.1, 0.15) is 0 Å². The molecule has 0 radical (unpaired) electrons. The van der Waals surface area contributed by atoms with E-state index in [2.05, 4.69) is 15.7 Å². The van der Waals surface area contributed by atoms with Gasteiger partial charge in [-0.05, 0) is 24.0 Å². The van der Waals surface area contributed by atoms with E-state index in [-0.39, 0.29) is 12.1 Å². The Morgan fingerprint density at radius 1 is 1.18 bits per heavy atom. The number of carbonyl (C=O) groups is 1. The van der Waals surface area contributed by atoms with Crippen molar-refractivity contribution in [2.24, 2.45) is 7.05 Å². The standard InChI is InChI=1S/C20H25F3N4O/c1-27-13-17(18(26-27)14-7-3-2-4-8-14)25-19(28)24-12-16-10-6-5-9-15(16)11-20(21,22)23/h5-6,9-10,13-14H,2-4,7-8,11-12H2,1H3,(H2,24,25,28). The predicted octanol–water partition coefficient (Wildman–Crippen LogP) is 4.89. The molecule has 0 atom stereocenters. The van der Waals surface area contributed by atoms with Gasteiger partial charge in [0.15, 0.2) is 0 Å². The zero-order valence-corrected chi connectivity index (χ0v) is 15.9. The fourth-order valence-electron chi connectivity index (χ4n) is 3.74. The summed E-state index contributed by atoms with van der Waals surface area (Å²) in [7, 11) is 1.81. The zero-order valence-electron chi connectivity index (χ0n) is 15.9. The van der Waals surface area contributed by atoms with Crippen LogP contribution in [0.4, 0.5) is 23.7 Å². The first-order valence-corrected chi connectivity index (χ1v) is 9.54. The first-order chi connectivity index (χ1) is 13.3. The summed E-state index contributed by atoms with van der Waals surface area (Å²) in [6, 6.07) is 5.81. The van der Waals surface area contributed by atoms with Gasteiger partial charge in [0.05, 0.1) is 17.8 Å². The molecular formula is C20H25F3N4O. The minimum Gasteiger partial charge on any atom is -0.334 e. The van der Waals surface area contributed by atoms with E-state index in [1.54, 1.807) is 29.1 Å².